The first-order valence-electron chi connectivity index (χ1n) is 9.78. The summed E-state index contributed by atoms with van der Waals surface area (Å²) < 4.78 is 5.69. The zero-order chi connectivity index (χ0) is 21.4. The SMILES string of the molecule is C=C(C)CC1=C(OC)[C@]2(CC(=C)C)CC(=C)C[C@](C(=O)CC(C)C)(C1=O)C2=O. The molecule has 0 aromatic rings. The second-order valence-corrected chi connectivity index (χ2v) is 9.05. The van der Waals surface area contributed by atoms with E-state index in [-0.39, 0.29) is 36.7 Å². The molecule has 4 nitrogen and oxygen atoms in total. The number of carbonyl (C=O) groups is 3. The van der Waals surface area contributed by atoms with Gasteiger partial charge in [0.1, 0.15) is 5.76 Å². The topological polar surface area (TPSA) is 60.4 Å². The molecule has 2 aliphatic rings. The van der Waals surface area contributed by atoms with Gasteiger partial charge in [0.05, 0.1) is 12.5 Å². The molecular weight excluding hydrogens is 352 g/mol. The quantitative estimate of drug-likeness (QED) is 0.441. The molecule has 0 aromatic heterocycles. The maximum Gasteiger partial charge on any atom is 0.183 e. The van der Waals surface area contributed by atoms with Gasteiger partial charge in [0.2, 0.25) is 0 Å². The number of ketones is 3. The molecule has 0 N–H and O–H groups in total. The number of Topliss-reactive ketones (excluding diaryl/α,β-unsaturated/α-hetero) is 3. The summed E-state index contributed by atoms with van der Waals surface area (Å²) in [6.07, 6.45) is 1.25. The molecular formula is C24H32O4. The Morgan fingerprint density at radius 1 is 1.14 bits per heavy atom. The predicted octanol–water partition coefficient (Wildman–Crippen LogP) is 4.91. The van der Waals surface area contributed by atoms with Crippen LogP contribution >= 0.6 is 0 Å². The Balaban J connectivity index is 2.87. The van der Waals surface area contributed by atoms with Gasteiger partial charge < -0.3 is 4.74 Å². The van der Waals surface area contributed by atoms with Crippen LogP contribution in [0.3, 0.4) is 0 Å². The minimum Gasteiger partial charge on any atom is -0.500 e. The lowest BCUT2D eigenvalue weighted by Gasteiger charge is -2.50. The second-order valence-electron chi connectivity index (χ2n) is 9.05. The standard InChI is InChI=1S/C24H32O4/c1-14(2)9-18-20(26)24(19(25)10-15(3)4)13-17(7)12-23(22(24)27,11-16(5)6)21(18)28-8/h15H,1,5,7,9-13H2,2-4,6,8H3/t23-,24-/m0/s1. The van der Waals surface area contributed by atoms with Crippen LogP contribution in [0.25, 0.3) is 0 Å². The van der Waals surface area contributed by atoms with Crippen molar-refractivity contribution in [3.8, 4) is 0 Å². The maximum absolute atomic E-state index is 13.9. The molecule has 0 aliphatic heterocycles. The number of allylic oxidation sites excluding steroid dienone is 5. The van der Waals surface area contributed by atoms with Gasteiger partial charge in [0, 0.05) is 12.0 Å². The molecule has 28 heavy (non-hydrogen) atoms. The van der Waals surface area contributed by atoms with Crippen LogP contribution in [0.1, 0.15) is 59.8 Å². The largest absolute Gasteiger partial charge is 0.500 e. The molecule has 152 valence electrons. The van der Waals surface area contributed by atoms with Gasteiger partial charge in [-0.3, -0.25) is 14.4 Å². The third-order valence-corrected chi connectivity index (χ3v) is 5.62. The second kappa shape index (κ2) is 7.65. The van der Waals surface area contributed by atoms with Crippen molar-refractivity contribution in [2.24, 2.45) is 16.7 Å². The summed E-state index contributed by atoms with van der Waals surface area (Å²) in [5.41, 5.74) is -0.0769. The lowest BCUT2D eigenvalue weighted by molar-refractivity contribution is -0.157. The molecule has 0 aromatic carbocycles. The molecule has 1 saturated carbocycles. The highest BCUT2D eigenvalue weighted by Crippen LogP contribution is 2.59. The van der Waals surface area contributed by atoms with Crippen LogP contribution in [0, 0.1) is 16.7 Å². The highest BCUT2D eigenvalue weighted by molar-refractivity contribution is 6.33. The average Bonchev–Trinajstić information content (AvgIpc) is 2.54. The zero-order valence-electron chi connectivity index (χ0n) is 17.9. The minimum atomic E-state index is -1.69. The molecule has 0 amide bonds. The molecule has 2 atom stereocenters. The summed E-state index contributed by atoms with van der Waals surface area (Å²) >= 11 is 0. The third kappa shape index (κ3) is 3.34. The van der Waals surface area contributed by atoms with Crippen molar-refractivity contribution in [2.75, 3.05) is 7.11 Å². The Hall–Kier alpha value is -2.23. The van der Waals surface area contributed by atoms with Crippen molar-refractivity contribution < 1.29 is 19.1 Å². The zero-order valence-corrected chi connectivity index (χ0v) is 17.9. The minimum absolute atomic E-state index is 0.0469. The maximum atomic E-state index is 13.9. The van der Waals surface area contributed by atoms with E-state index in [0.717, 1.165) is 16.7 Å². The summed E-state index contributed by atoms with van der Waals surface area (Å²) in [5, 5.41) is 0. The number of rotatable bonds is 8. The fourth-order valence-corrected chi connectivity index (χ4v) is 4.87. The van der Waals surface area contributed by atoms with Crippen molar-refractivity contribution >= 4 is 17.3 Å². The normalized spacial score (nSPS) is 27.3. The van der Waals surface area contributed by atoms with E-state index in [1.165, 1.54) is 7.11 Å². The van der Waals surface area contributed by atoms with E-state index in [1.807, 2.05) is 27.7 Å². The van der Waals surface area contributed by atoms with Gasteiger partial charge in [0.15, 0.2) is 22.8 Å². The molecule has 2 rings (SSSR count). The highest BCUT2D eigenvalue weighted by Gasteiger charge is 2.67. The Bertz CT molecular complexity index is 806. The lowest BCUT2D eigenvalue weighted by atomic mass is 9.49. The van der Waals surface area contributed by atoms with Gasteiger partial charge in [-0.25, -0.2) is 0 Å². The number of ether oxygens (including phenoxy) is 1. The Kier molecular flexibility index (Phi) is 6.03. The molecule has 0 spiro atoms. The van der Waals surface area contributed by atoms with Crippen molar-refractivity contribution in [3.63, 3.8) is 0 Å². The van der Waals surface area contributed by atoms with Crippen LogP contribution in [-0.4, -0.2) is 24.5 Å². The average molecular weight is 385 g/mol. The van der Waals surface area contributed by atoms with Crippen LogP contribution in [0.4, 0.5) is 0 Å². The number of fused-ring (bicyclic) bond motifs is 2. The summed E-state index contributed by atoms with van der Waals surface area (Å²) in [4.78, 5) is 41.0. The summed E-state index contributed by atoms with van der Waals surface area (Å²) in [6.45, 7) is 19.5. The fourth-order valence-electron chi connectivity index (χ4n) is 4.87. The smallest absolute Gasteiger partial charge is 0.183 e. The molecule has 1 fully saturated rings. The Morgan fingerprint density at radius 3 is 2.21 bits per heavy atom. The summed E-state index contributed by atoms with van der Waals surface area (Å²) in [5.74, 6) is -0.665. The Morgan fingerprint density at radius 2 is 1.75 bits per heavy atom. The van der Waals surface area contributed by atoms with Gasteiger partial charge in [0.25, 0.3) is 0 Å². The fraction of sp³-hybridized carbons (Fsp3) is 0.542. The number of carbonyl (C=O) groups excluding carboxylic acids is 3. The molecule has 0 radical (unpaired) electrons. The van der Waals surface area contributed by atoms with Gasteiger partial charge in [-0.15, -0.1) is 6.58 Å². The van der Waals surface area contributed by atoms with E-state index >= 15 is 0 Å². The van der Waals surface area contributed by atoms with Crippen molar-refractivity contribution in [3.05, 3.63) is 47.8 Å². The predicted molar refractivity (Wildman–Crippen MR) is 111 cm³/mol. The van der Waals surface area contributed by atoms with Crippen LogP contribution in [0.15, 0.2) is 47.8 Å². The van der Waals surface area contributed by atoms with Crippen molar-refractivity contribution in [1.29, 1.82) is 0 Å². The van der Waals surface area contributed by atoms with Crippen molar-refractivity contribution in [2.45, 2.75) is 59.8 Å². The van der Waals surface area contributed by atoms with Gasteiger partial charge in [-0.1, -0.05) is 43.7 Å². The van der Waals surface area contributed by atoms with Crippen LogP contribution in [0.2, 0.25) is 0 Å². The van der Waals surface area contributed by atoms with E-state index < -0.39 is 16.6 Å². The lowest BCUT2D eigenvalue weighted by Crippen LogP contribution is -2.61. The first-order valence-corrected chi connectivity index (χ1v) is 9.78. The van der Waals surface area contributed by atoms with Gasteiger partial charge in [-0.2, -0.15) is 0 Å². The number of hydrogen-bond acceptors (Lipinski definition) is 4. The first-order chi connectivity index (χ1) is 12.9. The highest BCUT2D eigenvalue weighted by atomic mass is 16.5. The summed E-state index contributed by atoms with van der Waals surface area (Å²) in [6, 6.07) is 0. The molecule has 2 bridgehead atoms. The molecule has 0 unspecified atom stereocenters. The van der Waals surface area contributed by atoms with E-state index in [4.69, 9.17) is 4.74 Å². The third-order valence-electron chi connectivity index (χ3n) is 5.62. The number of hydrogen-bond donors (Lipinski definition) is 0. The van der Waals surface area contributed by atoms with E-state index in [0.29, 0.717) is 24.2 Å². The van der Waals surface area contributed by atoms with Crippen LogP contribution in [0.5, 0.6) is 0 Å². The van der Waals surface area contributed by atoms with E-state index in [1.54, 1.807) is 0 Å². The van der Waals surface area contributed by atoms with Crippen LogP contribution < -0.4 is 0 Å². The number of methoxy groups -OCH3 is 1. The van der Waals surface area contributed by atoms with Gasteiger partial charge >= 0.3 is 0 Å². The molecule has 4 heteroatoms. The van der Waals surface area contributed by atoms with Crippen molar-refractivity contribution in [1.82, 2.24) is 0 Å². The molecule has 0 saturated heterocycles. The van der Waals surface area contributed by atoms with Gasteiger partial charge in [-0.05, 0) is 45.4 Å². The first kappa shape index (κ1) is 22.1. The van der Waals surface area contributed by atoms with E-state index in [2.05, 4.69) is 19.7 Å². The monoisotopic (exact) mass is 384 g/mol. The van der Waals surface area contributed by atoms with E-state index in [9.17, 15) is 14.4 Å². The van der Waals surface area contributed by atoms with Crippen LogP contribution in [-0.2, 0) is 19.1 Å². The molecule has 0 heterocycles. The molecule has 2 aliphatic carbocycles. The Labute approximate surface area is 168 Å². The summed E-state index contributed by atoms with van der Waals surface area (Å²) in [7, 11) is 1.48.